The van der Waals surface area contributed by atoms with E-state index in [1.807, 2.05) is 0 Å². The minimum Gasteiger partial charge on any atom is -0.455 e. The van der Waals surface area contributed by atoms with E-state index in [9.17, 15) is 4.79 Å². The Morgan fingerprint density at radius 3 is 3.07 bits per heavy atom. The molecule has 0 radical (unpaired) electrons. The third-order valence-corrected chi connectivity index (χ3v) is 3.17. The van der Waals surface area contributed by atoms with Gasteiger partial charge in [-0.15, -0.1) is 0 Å². The lowest BCUT2D eigenvalue weighted by Crippen LogP contribution is -2.33. The molecule has 0 unspecified atom stereocenters. The second-order valence-electron chi connectivity index (χ2n) is 4.33. The molecule has 2 rings (SSSR count). The van der Waals surface area contributed by atoms with E-state index in [0.29, 0.717) is 6.42 Å². The zero-order valence-corrected chi connectivity index (χ0v) is 9.20. The molecule has 0 amide bonds. The number of esters is 1. The minimum atomic E-state index is -0.173. The molecule has 3 nitrogen and oxygen atoms in total. The fourth-order valence-corrected chi connectivity index (χ4v) is 2.27. The summed E-state index contributed by atoms with van der Waals surface area (Å²) >= 11 is 0. The Bertz CT molecular complexity index is 272. The van der Waals surface area contributed by atoms with Crippen molar-refractivity contribution in [2.75, 3.05) is 0 Å². The Hall–Kier alpha value is -0.830. The van der Waals surface area contributed by atoms with Crippen molar-refractivity contribution in [1.29, 1.82) is 0 Å². The van der Waals surface area contributed by atoms with Gasteiger partial charge in [0.2, 0.25) is 0 Å². The molecule has 0 aromatic rings. The molecule has 3 atom stereocenters. The first kappa shape index (κ1) is 10.7. The Balaban J connectivity index is 1.97. The summed E-state index contributed by atoms with van der Waals surface area (Å²) in [7, 11) is 0. The van der Waals surface area contributed by atoms with Crippen molar-refractivity contribution in [2.24, 2.45) is 0 Å². The Morgan fingerprint density at radius 2 is 2.33 bits per heavy atom. The van der Waals surface area contributed by atoms with Crippen LogP contribution in [0.2, 0.25) is 0 Å². The first-order chi connectivity index (χ1) is 7.22. The molecule has 2 fully saturated rings. The van der Waals surface area contributed by atoms with Crippen molar-refractivity contribution in [2.45, 2.75) is 57.3 Å². The Labute approximate surface area is 90.4 Å². The van der Waals surface area contributed by atoms with Gasteiger partial charge in [-0.05, 0) is 18.4 Å². The largest absolute Gasteiger partial charge is 0.455 e. The zero-order chi connectivity index (χ0) is 10.8. The van der Waals surface area contributed by atoms with Gasteiger partial charge in [0.05, 0.1) is 12.2 Å². The van der Waals surface area contributed by atoms with Gasteiger partial charge in [0.15, 0.2) is 6.10 Å². The molecular weight excluding hydrogens is 192 g/mol. The standard InChI is InChI=1S/C12H18O3/c1-3-4-5-9-8(2)12-10(14-9)6-7-11(13)15-12/h9-10,12H,2-7H2,1H3/t9-,10-,12-/m0/s1. The smallest absolute Gasteiger partial charge is 0.306 e. The van der Waals surface area contributed by atoms with Gasteiger partial charge in [0.25, 0.3) is 0 Å². The zero-order valence-electron chi connectivity index (χ0n) is 9.20. The van der Waals surface area contributed by atoms with E-state index in [0.717, 1.165) is 31.3 Å². The third kappa shape index (κ3) is 2.07. The van der Waals surface area contributed by atoms with Crippen molar-refractivity contribution in [3.8, 4) is 0 Å². The van der Waals surface area contributed by atoms with Gasteiger partial charge >= 0.3 is 5.97 Å². The number of ether oxygens (including phenoxy) is 2. The lowest BCUT2D eigenvalue weighted by molar-refractivity contribution is -0.158. The lowest BCUT2D eigenvalue weighted by Gasteiger charge is -2.23. The van der Waals surface area contributed by atoms with E-state index in [-0.39, 0.29) is 24.3 Å². The number of carbonyl (C=O) groups excluding carboxylic acids is 1. The van der Waals surface area contributed by atoms with Gasteiger partial charge in [-0.1, -0.05) is 26.3 Å². The van der Waals surface area contributed by atoms with E-state index < -0.39 is 0 Å². The van der Waals surface area contributed by atoms with Crippen LogP contribution in [0.25, 0.3) is 0 Å². The summed E-state index contributed by atoms with van der Waals surface area (Å²) in [6.45, 7) is 6.16. The second-order valence-corrected chi connectivity index (χ2v) is 4.33. The number of fused-ring (bicyclic) bond motifs is 1. The van der Waals surface area contributed by atoms with E-state index in [1.54, 1.807) is 0 Å². The first-order valence-corrected chi connectivity index (χ1v) is 5.76. The lowest BCUT2D eigenvalue weighted by atomic mass is 9.98. The van der Waals surface area contributed by atoms with E-state index in [2.05, 4.69) is 13.5 Å². The van der Waals surface area contributed by atoms with Crippen molar-refractivity contribution in [3.05, 3.63) is 12.2 Å². The molecule has 0 saturated carbocycles. The van der Waals surface area contributed by atoms with Crippen LogP contribution in [0.3, 0.4) is 0 Å². The second kappa shape index (κ2) is 4.35. The van der Waals surface area contributed by atoms with Gasteiger partial charge in [-0.3, -0.25) is 4.79 Å². The van der Waals surface area contributed by atoms with Crippen LogP contribution in [0.15, 0.2) is 12.2 Å². The van der Waals surface area contributed by atoms with E-state index >= 15 is 0 Å². The van der Waals surface area contributed by atoms with Crippen LogP contribution >= 0.6 is 0 Å². The van der Waals surface area contributed by atoms with Crippen molar-refractivity contribution < 1.29 is 14.3 Å². The number of carbonyl (C=O) groups is 1. The topological polar surface area (TPSA) is 35.5 Å². The third-order valence-electron chi connectivity index (χ3n) is 3.17. The van der Waals surface area contributed by atoms with Crippen LogP contribution < -0.4 is 0 Å². The predicted octanol–water partition coefficient (Wildman–Crippen LogP) is 2.21. The number of hydrogen-bond acceptors (Lipinski definition) is 3. The highest BCUT2D eigenvalue weighted by atomic mass is 16.6. The summed E-state index contributed by atoms with van der Waals surface area (Å²) in [6.07, 6.45) is 4.55. The summed E-state index contributed by atoms with van der Waals surface area (Å²) < 4.78 is 11.1. The van der Waals surface area contributed by atoms with Crippen molar-refractivity contribution in [1.82, 2.24) is 0 Å². The molecule has 2 aliphatic rings. The van der Waals surface area contributed by atoms with E-state index in [1.165, 1.54) is 0 Å². The van der Waals surface area contributed by atoms with Gasteiger partial charge in [-0.2, -0.15) is 0 Å². The summed E-state index contributed by atoms with van der Waals surface area (Å²) in [5, 5.41) is 0. The van der Waals surface area contributed by atoms with Gasteiger partial charge in [0, 0.05) is 6.42 Å². The maximum atomic E-state index is 11.2. The van der Waals surface area contributed by atoms with Gasteiger partial charge in [-0.25, -0.2) is 0 Å². The van der Waals surface area contributed by atoms with Gasteiger partial charge in [0.1, 0.15) is 0 Å². The molecular formula is C12H18O3. The number of hydrogen-bond donors (Lipinski definition) is 0. The Kier molecular flexibility index (Phi) is 3.10. The highest BCUT2D eigenvalue weighted by Gasteiger charge is 2.43. The molecule has 2 heterocycles. The van der Waals surface area contributed by atoms with Crippen LogP contribution in [0.4, 0.5) is 0 Å². The molecule has 0 N–H and O–H groups in total. The normalized spacial score (nSPS) is 35.1. The molecule has 84 valence electrons. The fraction of sp³-hybridized carbons (Fsp3) is 0.750. The summed E-state index contributed by atoms with van der Waals surface area (Å²) in [5.74, 6) is -0.114. The molecule has 15 heavy (non-hydrogen) atoms. The molecule has 3 heteroatoms. The summed E-state index contributed by atoms with van der Waals surface area (Å²) in [5.41, 5.74) is 0.960. The SMILES string of the molecule is C=C1[C@H](CCCC)O[C@H]2CCC(=O)O[C@@H]12. The van der Waals surface area contributed by atoms with Crippen LogP contribution in [-0.2, 0) is 14.3 Å². The van der Waals surface area contributed by atoms with Crippen LogP contribution in [0, 0.1) is 0 Å². The molecule has 2 aliphatic heterocycles. The molecule has 0 spiro atoms. The average Bonchev–Trinajstić information content (AvgIpc) is 2.53. The van der Waals surface area contributed by atoms with Crippen molar-refractivity contribution in [3.63, 3.8) is 0 Å². The van der Waals surface area contributed by atoms with Crippen LogP contribution in [0.1, 0.15) is 39.0 Å². The average molecular weight is 210 g/mol. The summed E-state index contributed by atoms with van der Waals surface area (Å²) in [4.78, 5) is 11.2. The number of rotatable bonds is 3. The van der Waals surface area contributed by atoms with E-state index in [4.69, 9.17) is 9.47 Å². The maximum absolute atomic E-state index is 11.2. The van der Waals surface area contributed by atoms with Crippen LogP contribution in [0.5, 0.6) is 0 Å². The predicted molar refractivity (Wildman–Crippen MR) is 56.4 cm³/mol. The van der Waals surface area contributed by atoms with Crippen LogP contribution in [-0.4, -0.2) is 24.3 Å². The van der Waals surface area contributed by atoms with Crippen molar-refractivity contribution >= 4 is 5.97 Å². The molecule has 0 bridgehead atoms. The number of unbranched alkanes of at least 4 members (excludes halogenated alkanes) is 1. The summed E-state index contributed by atoms with van der Waals surface area (Å²) in [6, 6.07) is 0. The van der Waals surface area contributed by atoms with Gasteiger partial charge < -0.3 is 9.47 Å². The first-order valence-electron chi connectivity index (χ1n) is 5.76. The Morgan fingerprint density at radius 1 is 1.53 bits per heavy atom. The highest BCUT2D eigenvalue weighted by molar-refractivity contribution is 5.71. The highest BCUT2D eigenvalue weighted by Crippen LogP contribution is 2.35. The molecule has 0 aromatic heterocycles. The fourth-order valence-electron chi connectivity index (χ4n) is 2.27. The quantitative estimate of drug-likeness (QED) is 0.529. The molecule has 2 saturated heterocycles. The molecule has 0 aromatic carbocycles. The monoisotopic (exact) mass is 210 g/mol. The minimum absolute atomic E-state index is 0.0667. The maximum Gasteiger partial charge on any atom is 0.306 e. The molecule has 0 aliphatic carbocycles.